The van der Waals surface area contributed by atoms with Crippen LogP contribution in [-0.2, 0) is 14.8 Å². The Labute approximate surface area is 156 Å². The van der Waals surface area contributed by atoms with E-state index in [9.17, 15) is 8.42 Å². The van der Waals surface area contributed by atoms with Crippen LogP contribution in [0.2, 0.25) is 0 Å². The minimum Gasteiger partial charge on any atom is -0.493 e. The van der Waals surface area contributed by atoms with Crippen molar-refractivity contribution < 1.29 is 22.6 Å². The van der Waals surface area contributed by atoms with E-state index in [4.69, 9.17) is 14.2 Å². The molecule has 26 heavy (non-hydrogen) atoms. The molecule has 0 amide bonds. The van der Waals surface area contributed by atoms with E-state index in [-0.39, 0.29) is 10.9 Å². The van der Waals surface area contributed by atoms with Gasteiger partial charge < -0.3 is 14.2 Å². The van der Waals surface area contributed by atoms with Crippen LogP contribution in [-0.4, -0.2) is 66.4 Å². The number of ether oxygens (including phenoxy) is 3. The average molecular weight is 387 g/mol. The Kier molecular flexibility index (Phi) is 7.69. The Morgan fingerprint density at radius 2 is 1.81 bits per heavy atom. The number of nitrogens with zero attached hydrogens (tertiary/aromatic N) is 1. The Morgan fingerprint density at radius 3 is 2.38 bits per heavy atom. The normalized spacial score (nSPS) is 17.3. The summed E-state index contributed by atoms with van der Waals surface area (Å²) >= 11 is 0. The molecule has 8 heteroatoms. The predicted octanol–water partition coefficient (Wildman–Crippen LogP) is 1.73. The maximum atomic E-state index is 12.7. The maximum absolute atomic E-state index is 12.7. The van der Waals surface area contributed by atoms with Gasteiger partial charge in [0.25, 0.3) is 0 Å². The molecular formula is C18H30N2O5S. The molecule has 0 aromatic heterocycles. The van der Waals surface area contributed by atoms with Crippen LogP contribution in [0.25, 0.3) is 0 Å². The van der Waals surface area contributed by atoms with E-state index in [0.717, 1.165) is 19.5 Å². The van der Waals surface area contributed by atoms with Gasteiger partial charge in [0.15, 0.2) is 11.5 Å². The molecule has 0 saturated carbocycles. The van der Waals surface area contributed by atoms with Crippen LogP contribution in [0.5, 0.6) is 11.5 Å². The predicted molar refractivity (Wildman–Crippen MR) is 100 cm³/mol. The van der Waals surface area contributed by atoms with Gasteiger partial charge in [-0.05, 0) is 24.5 Å². The van der Waals surface area contributed by atoms with E-state index in [1.807, 2.05) is 0 Å². The number of sulfonamides is 1. The lowest BCUT2D eigenvalue weighted by atomic mass is 10.0. The molecule has 1 saturated heterocycles. The molecule has 0 radical (unpaired) electrons. The highest BCUT2D eigenvalue weighted by Gasteiger charge is 2.25. The number of methoxy groups -OCH3 is 2. The van der Waals surface area contributed by atoms with Gasteiger partial charge in [-0.15, -0.1) is 0 Å². The van der Waals surface area contributed by atoms with Crippen molar-refractivity contribution in [3.05, 3.63) is 18.2 Å². The molecule has 148 valence electrons. The van der Waals surface area contributed by atoms with Crippen LogP contribution >= 0.6 is 0 Å². The van der Waals surface area contributed by atoms with Gasteiger partial charge in [0.05, 0.1) is 32.3 Å². The SMILES string of the molecule is COc1ccc(S(=O)(=O)NCC(CC(C)C)N2CCOCC2)cc1OC. The molecule has 7 nitrogen and oxygen atoms in total. The summed E-state index contributed by atoms with van der Waals surface area (Å²) < 4.78 is 44.0. The van der Waals surface area contributed by atoms with Crippen LogP contribution in [0, 0.1) is 5.92 Å². The third-order valence-corrected chi connectivity index (χ3v) is 5.90. The summed E-state index contributed by atoms with van der Waals surface area (Å²) in [5.41, 5.74) is 0. The van der Waals surface area contributed by atoms with Crippen LogP contribution < -0.4 is 14.2 Å². The summed E-state index contributed by atoms with van der Waals surface area (Å²) in [7, 11) is -0.629. The maximum Gasteiger partial charge on any atom is 0.240 e. The quantitative estimate of drug-likeness (QED) is 0.696. The molecule has 2 rings (SSSR count). The van der Waals surface area contributed by atoms with Gasteiger partial charge in [-0.3, -0.25) is 4.90 Å². The van der Waals surface area contributed by atoms with Crippen molar-refractivity contribution in [2.45, 2.75) is 31.2 Å². The fourth-order valence-electron chi connectivity index (χ4n) is 3.12. The van der Waals surface area contributed by atoms with Crippen LogP contribution in [0.1, 0.15) is 20.3 Å². The standard InChI is InChI=1S/C18H30N2O5S/c1-14(2)11-15(20-7-9-25-10-8-20)13-19-26(21,22)16-5-6-17(23-3)18(12-16)24-4/h5-6,12,14-15,19H,7-11,13H2,1-4H3. The molecule has 1 atom stereocenters. The van der Waals surface area contributed by atoms with E-state index >= 15 is 0 Å². The number of nitrogens with one attached hydrogen (secondary N) is 1. The molecule has 1 aliphatic heterocycles. The zero-order valence-corrected chi connectivity index (χ0v) is 16.8. The monoisotopic (exact) mass is 386 g/mol. The van der Waals surface area contributed by atoms with Crippen molar-refractivity contribution in [1.82, 2.24) is 9.62 Å². The van der Waals surface area contributed by atoms with Gasteiger partial charge in [-0.1, -0.05) is 13.8 Å². The first kappa shape index (κ1) is 21.0. The molecule has 1 aliphatic rings. The highest BCUT2D eigenvalue weighted by Crippen LogP contribution is 2.29. The zero-order valence-electron chi connectivity index (χ0n) is 16.0. The van der Waals surface area contributed by atoms with E-state index in [1.54, 1.807) is 6.07 Å². The average Bonchev–Trinajstić information content (AvgIpc) is 2.64. The highest BCUT2D eigenvalue weighted by molar-refractivity contribution is 7.89. The first-order chi connectivity index (χ1) is 12.4. The summed E-state index contributed by atoms with van der Waals surface area (Å²) in [6, 6.07) is 4.75. The Balaban J connectivity index is 2.10. The van der Waals surface area contributed by atoms with Gasteiger partial charge in [0.1, 0.15) is 0 Å². The van der Waals surface area contributed by atoms with Crippen LogP contribution in [0.15, 0.2) is 23.1 Å². The van der Waals surface area contributed by atoms with Crippen molar-refractivity contribution in [3.63, 3.8) is 0 Å². The summed E-state index contributed by atoms with van der Waals surface area (Å²) in [4.78, 5) is 2.47. The van der Waals surface area contributed by atoms with Gasteiger partial charge in [-0.25, -0.2) is 13.1 Å². The molecule has 0 aliphatic carbocycles. The molecule has 0 spiro atoms. The van der Waals surface area contributed by atoms with E-state index in [1.165, 1.54) is 26.4 Å². The Morgan fingerprint density at radius 1 is 1.15 bits per heavy atom. The molecule has 1 fully saturated rings. The van der Waals surface area contributed by atoms with Crippen LogP contribution in [0.3, 0.4) is 0 Å². The Bertz CT molecular complexity index is 672. The summed E-state index contributed by atoms with van der Waals surface area (Å²) in [5, 5.41) is 0. The van der Waals surface area contributed by atoms with E-state index < -0.39 is 10.0 Å². The summed E-state index contributed by atoms with van der Waals surface area (Å²) in [6.07, 6.45) is 0.925. The number of rotatable bonds is 9. The largest absolute Gasteiger partial charge is 0.493 e. The highest BCUT2D eigenvalue weighted by atomic mass is 32.2. The van der Waals surface area contributed by atoms with Crippen molar-refractivity contribution >= 4 is 10.0 Å². The van der Waals surface area contributed by atoms with E-state index in [2.05, 4.69) is 23.5 Å². The lowest BCUT2D eigenvalue weighted by Gasteiger charge is -2.35. The third-order valence-electron chi connectivity index (χ3n) is 4.48. The van der Waals surface area contributed by atoms with Crippen molar-refractivity contribution in [2.75, 3.05) is 47.1 Å². The second-order valence-electron chi connectivity index (χ2n) is 6.80. The summed E-state index contributed by atoms with van der Waals surface area (Å²) in [5.74, 6) is 1.37. The number of hydrogen-bond donors (Lipinski definition) is 1. The molecule has 1 aromatic carbocycles. The fourth-order valence-corrected chi connectivity index (χ4v) is 4.21. The number of morpholine rings is 1. The lowest BCUT2D eigenvalue weighted by molar-refractivity contribution is 0.0134. The van der Waals surface area contributed by atoms with Gasteiger partial charge in [0, 0.05) is 31.7 Å². The van der Waals surface area contributed by atoms with Crippen molar-refractivity contribution in [3.8, 4) is 11.5 Å². The molecule has 1 heterocycles. The molecular weight excluding hydrogens is 356 g/mol. The molecule has 1 aromatic rings. The minimum absolute atomic E-state index is 0.147. The fraction of sp³-hybridized carbons (Fsp3) is 0.667. The molecule has 1 N–H and O–H groups in total. The molecule has 1 unspecified atom stereocenters. The molecule has 0 bridgehead atoms. The number of hydrogen-bond acceptors (Lipinski definition) is 6. The second kappa shape index (κ2) is 9.55. The number of benzene rings is 1. The van der Waals surface area contributed by atoms with Gasteiger partial charge >= 0.3 is 0 Å². The minimum atomic E-state index is -3.63. The van der Waals surface area contributed by atoms with E-state index in [0.29, 0.717) is 37.2 Å². The first-order valence-electron chi connectivity index (χ1n) is 8.91. The Hall–Kier alpha value is -1.35. The van der Waals surface area contributed by atoms with Gasteiger partial charge in [-0.2, -0.15) is 0 Å². The van der Waals surface area contributed by atoms with Crippen LogP contribution in [0.4, 0.5) is 0 Å². The van der Waals surface area contributed by atoms with Gasteiger partial charge in [0.2, 0.25) is 10.0 Å². The third kappa shape index (κ3) is 5.57. The topological polar surface area (TPSA) is 77.1 Å². The van der Waals surface area contributed by atoms with Crippen molar-refractivity contribution in [2.24, 2.45) is 5.92 Å². The summed E-state index contributed by atoms with van der Waals surface area (Å²) in [6.45, 7) is 7.71. The lowest BCUT2D eigenvalue weighted by Crippen LogP contribution is -2.49. The second-order valence-corrected chi connectivity index (χ2v) is 8.57. The first-order valence-corrected chi connectivity index (χ1v) is 10.4. The van der Waals surface area contributed by atoms with Crippen molar-refractivity contribution in [1.29, 1.82) is 0 Å². The smallest absolute Gasteiger partial charge is 0.240 e. The zero-order chi connectivity index (χ0) is 19.2.